The lowest BCUT2D eigenvalue weighted by Crippen LogP contribution is -2.61. The molecule has 3 atom stereocenters. The van der Waals surface area contributed by atoms with Gasteiger partial charge in [0.15, 0.2) is 0 Å². The molecule has 2 aliphatic heterocycles. The van der Waals surface area contributed by atoms with Gasteiger partial charge in [0.25, 0.3) is 0 Å². The summed E-state index contributed by atoms with van der Waals surface area (Å²) in [5.41, 5.74) is 0.520. The molecule has 2 aliphatic rings. The zero-order valence-electron chi connectivity index (χ0n) is 10.6. The van der Waals surface area contributed by atoms with Crippen molar-refractivity contribution in [3.63, 3.8) is 0 Å². The quantitative estimate of drug-likeness (QED) is 0.772. The minimum absolute atomic E-state index is 0.228. The maximum Gasteiger partial charge on any atom is 0.0767 e. The lowest BCUT2D eigenvalue weighted by molar-refractivity contribution is 0.0729. The molecule has 15 heavy (non-hydrogen) atoms. The Bertz CT molecular complexity index is 239. The van der Waals surface area contributed by atoms with Crippen LogP contribution in [0.1, 0.15) is 52.9 Å². The van der Waals surface area contributed by atoms with Gasteiger partial charge in [0.1, 0.15) is 0 Å². The van der Waals surface area contributed by atoms with Gasteiger partial charge in [-0.2, -0.15) is 0 Å². The van der Waals surface area contributed by atoms with Crippen LogP contribution in [0.4, 0.5) is 0 Å². The first-order valence-corrected chi connectivity index (χ1v) is 6.43. The molecule has 0 amide bonds. The molecule has 0 aliphatic carbocycles. The van der Waals surface area contributed by atoms with Crippen LogP contribution in [-0.4, -0.2) is 24.8 Å². The predicted molar refractivity (Wildman–Crippen MR) is 63.0 cm³/mol. The minimum Gasteiger partial charge on any atom is -0.372 e. The molecule has 2 bridgehead atoms. The van der Waals surface area contributed by atoms with Crippen molar-refractivity contribution in [2.45, 2.75) is 70.6 Å². The van der Waals surface area contributed by atoms with Crippen LogP contribution < -0.4 is 5.32 Å². The fourth-order valence-electron chi connectivity index (χ4n) is 3.78. The summed E-state index contributed by atoms with van der Waals surface area (Å²) in [5, 5.41) is 3.61. The highest BCUT2D eigenvalue weighted by Crippen LogP contribution is 2.55. The van der Waals surface area contributed by atoms with Crippen LogP contribution in [-0.2, 0) is 4.74 Å². The monoisotopic (exact) mass is 211 g/mol. The molecule has 1 N–H and O–H groups in total. The number of fused-ring (bicyclic) bond motifs is 2. The molecule has 2 fully saturated rings. The van der Waals surface area contributed by atoms with E-state index in [-0.39, 0.29) is 5.54 Å². The molecular formula is C13H25NO. The molecule has 2 saturated heterocycles. The highest BCUT2D eigenvalue weighted by molar-refractivity contribution is 5.16. The number of hydrogen-bond donors (Lipinski definition) is 1. The summed E-state index contributed by atoms with van der Waals surface area (Å²) in [7, 11) is 2.11. The summed E-state index contributed by atoms with van der Waals surface area (Å²) < 4.78 is 6.13. The standard InChI is InChI=1S/C13H25NO/c1-5-6-9-13(14-4)11-8-7-10(15-11)12(13,2)3/h10-11,14H,5-9H2,1-4H3/t10?,11-,13+/m0/s1. The average molecular weight is 211 g/mol. The van der Waals surface area contributed by atoms with E-state index in [0.29, 0.717) is 17.6 Å². The molecule has 0 aromatic heterocycles. The molecular weight excluding hydrogens is 186 g/mol. The average Bonchev–Trinajstić information content (AvgIpc) is 2.75. The number of unbranched alkanes of at least 4 members (excludes halogenated alkanes) is 1. The molecule has 88 valence electrons. The second-order valence-corrected chi connectivity index (χ2v) is 5.74. The summed E-state index contributed by atoms with van der Waals surface area (Å²) in [6, 6.07) is 0. The third kappa shape index (κ3) is 1.38. The Morgan fingerprint density at radius 3 is 2.40 bits per heavy atom. The van der Waals surface area contributed by atoms with Crippen LogP contribution in [0.25, 0.3) is 0 Å². The van der Waals surface area contributed by atoms with Crippen molar-refractivity contribution in [2.75, 3.05) is 7.05 Å². The Balaban J connectivity index is 2.22. The maximum absolute atomic E-state index is 6.13. The van der Waals surface area contributed by atoms with Crippen LogP contribution in [0.5, 0.6) is 0 Å². The first-order chi connectivity index (χ1) is 7.08. The molecule has 0 aromatic rings. The zero-order valence-corrected chi connectivity index (χ0v) is 10.6. The Morgan fingerprint density at radius 1 is 1.27 bits per heavy atom. The molecule has 0 radical (unpaired) electrons. The Labute approximate surface area is 93.8 Å². The van der Waals surface area contributed by atoms with E-state index >= 15 is 0 Å². The number of ether oxygens (including phenoxy) is 1. The molecule has 2 rings (SSSR count). The molecule has 1 unspecified atom stereocenters. The molecule has 2 heterocycles. The van der Waals surface area contributed by atoms with Crippen molar-refractivity contribution in [2.24, 2.45) is 5.41 Å². The first-order valence-electron chi connectivity index (χ1n) is 6.43. The Hall–Kier alpha value is -0.0800. The lowest BCUT2D eigenvalue weighted by atomic mass is 9.61. The molecule has 2 heteroatoms. The first kappa shape index (κ1) is 11.4. The molecule has 0 aromatic carbocycles. The summed E-state index contributed by atoms with van der Waals surface area (Å²) >= 11 is 0. The van der Waals surface area contributed by atoms with E-state index < -0.39 is 0 Å². The lowest BCUT2D eigenvalue weighted by Gasteiger charge is -2.47. The molecule has 2 nitrogen and oxygen atoms in total. The summed E-state index contributed by atoms with van der Waals surface area (Å²) in [6.07, 6.45) is 7.27. The van der Waals surface area contributed by atoms with Crippen molar-refractivity contribution in [3.8, 4) is 0 Å². The summed E-state index contributed by atoms with van der Waals surface area (Å²) in [4.78, 5) is 0. The Kier molecular flexibility index (Phi) is 2.85. The van der Waals surface area contributed by atoms with Gasteiger partial charge in [0.05, 0.1) is 17.7 Å². The van der Waals surface area contributed by atoms with E-state index in [4.69, 9.17) is 4.74 Å². The van der Waals surface area contributed by atoms with Crippen molar-refractivity contribution in [1.82, 2.24) is 5.32 Å². The smallest absolute Gasteiger partial charge is 0.0767 e. The van der Waals surface area contributed by atoms with Crippen LogP contribution in [0.2, 0.25) is 0 Å². The van der Waals surface area contributed by atoms with Crippen LogP contribution in [0.3, 0.4) is 0 Å². The highest BCUT2D eigenvalue weighted by atomic mass is 16.5. The van der Waals surface area contributed by atoms with E-state index in [2.05, 4.69) is 33.1 Å². The van der Waals surface area contributed by atoms with Gasteiger partial charge < -0.3 is 10.1 Å². The number of rotatable bonds is 4. The number of nitrogens with one attached hydrogen (secondary N) is 1. The summed E-state index contributed by atoms with van der Waals surface area (Å²) in [5.74, 6) is 0. The van der Waals surface area contributed by atoms with E-state index in [1.807, 2.05) is 0 Å². The largest absolute Gasteiger partial charge is 0.372 e. The van der Waals surface area contributed by atoms with Gasteiger partial charge in [-0.25, -0.2) is 0 Å². The Morgan fingerprint density at radius 2 is 1.93 bits per heavy atom. The normalized spacial score (nSPS) is 42.4. The van der Waals surface area contributed by atoms with Gasteiger partial charge >= 0.3 is 0 Å². The maximum atomic E-state index is 6.13. The fraction of sp³-hybridized carbons (Fsp3) is 1.00. The van der Waals surface area contributed by atoms with Gasteiger partial charge in [0.2, 0.25) is 0 Å². The van der Waals surface area contributed by atoms with Crippen molar-refractivity contribution < 1.29 is 4.74 Å². The molecule has 0 saturated carbocycles. The second-order valence-electron chi connectivity index (χ2n) is 5.74. The van der Waals surface area contributed by atoms with Gasteiger partial charge in [-0.1, -0.05) is 33.6 Å². The summed E-state index contributed by atoms with van der Waals surface area (Å²) in [6.45, 7) is 7.02. The minimum atomic E-state index is 0.228. The van der Waals surface area contributed by atoms with Crippen molar-refractivity contribution >= 4 is 0 Å². The van der Waals surface area contributed by atoms with E-state index in [9.17, 15) is 0 Å². The molecule has 0 spiro atoms. The zero-order chi connectivity index (χ0) is 11.1. The topological polar surface area (TPSA) is 21.3 Å². The van der Waals surface area contributed by atoms with Gasteiger partial charge in [0, 0.05) is 5.41 Å². The fourth-order valence-corrected chi connectivity index (χ4v) is 3.78. The number of hydrogen-bond acceptors (Lipinski definition) is 2. The van der Waals surface area contributed by atoms with Crippen molar-refractivity contribution in [1.29, 1.82) is 0 Å². The van der Waals surface area contributed by atoms with Gasteiger partial charge in [-0.3, -0.25) is 0 Å². The van der Waals surface area contributed by atoms with E-state index in [1.165, 1.54) is 32.1 Å². The van der Waals surface area contributed by atoms with E-state index in [0.717, 1.165) is 0 Å². The van der Waals surface area contributed by atoms with Crippen LogP contribution >= 0.6 is 0 Å². The second kappa shape index (κ2) is 3.74. The van der Waals surface area contributed by atoms with Crippen molar-refractivity contribution in [3.05, 3.63) is 0 Å². The van der Waals surface area contributed by atoms with E-state index in [1.54, 1.807) is 0 Å². The highest BCUT2D eigenvalue weighted by Gasteiger charge is 2.63. The predicted octanol–water partition coefficient (Wildman–Crippen LogP) is 2.72. The third-order valence-electron chi connectivity index (χ3n) is 4.89. The van der Waals surface area contributed by atoms with Crippen LogP contribution in [0, 0.1) is 5.41 Å². The van der Waals surface area contributed by atoms with Crippen LogP contribution in [0.15, 0.2) is 0 Å². The SMILES string of the molecule is CCCC[C@@]1(NC)[C@@H]2CCC(O2)C1(C)C. The third-order valence-corrected chi connectivity index (χ3v) is 4.89. The number of likely N-dealkylation sites (N-methyl/N-ethyl adjacent to an activating group) is 1. The van der Waals surface area contributed by atoms with Gasteiger partial charge in [-0.15, -0.1) is 0 Å². The van der Waals surface area contributed by atoms with Gasteiger partial charge in [-0.05, 0) is 26.3 Å².